The van der Waals surface area contributed by atoms with Crippen molar-refractivity contribution < 1.29 is 14.7 Å². The van der Waals surface area contributed by atoms with Crippen molar-refractivity contribution in [3.8, 4) is 0 Å². The molecule has 1 N–H and O–H groups in total. The summed E-state index contributed by atoms with van der Waals surface area (Å²) in [4.78, 5) is 39.0. The lowest BCUT2D eigenvalue weighted by molar-refractivity contribution is 0.0172. The number of carboxylic acids is 1. The number of carbonyl (C=O) groups is 2. The first kappa shape index (κ1) is 22.8. The van der Waals surface area contributed by atoms with Crippen LogP contribution in [0.4, 0.5) is 10.5 Å². The van der Waals surface area contributed by atoms with Crippen molar-refractivity contribution >= 4 is 17.7 Å². The number of rotatable bonds is 6. The number of hydrogen-bond acceptors (Lipinski definition) is 5. The summed E-state index contributed by atoms with van der Waals surface area (Å²) in [5.74, 6) is -0.857. The summed E-state index contributed by atoms with van der Waals surface area (Å²) in [5.41, 5.74) is 1.63. The van der Waals surface area contributed by atoms with Gasteiger partial charge in [0.25, 0.3) is 0 Å². The van der Waals surface area contributed by atoms with E-state index in [2.05, 4.69) is 64.2 Å². The average Bonchev–Trinajstić information content (AvgIpc) is 3.08. The molecule has 1 aromatic heterocycles. The predicted molar refractivity (Wildman–Crippen MR) is 129 cm³/mol. The molecule has 3 aliphatic rings. The van der Waals surface area contributed by atoms with Crippen LogP contribution in [0, 0.1) is 5.92 Å². The molecule has 0 unspecified atom stereocenters. The normalized spacial score (nSPS) is 27.4. The minimum Gasteiger partial charge on any atom is -0.475 e. The van der Waals surface area contributed by atoms with Gasteiger partial charge in [-0.15, -0.1) is 0 Å². The van der Waals surface area contributed by atoms with E-state index in [0.29, 0.717) is 18.2 Å². The van der Waals surface area contributed by atoms with E-state index >= 15 is 0 Å². The minimum absolute atomic E-state index is 0.00404. The summed E-state index contributed by atoms with van der Waals surface area (Å²) in [6, 6.07) is 10.7. The Labute approximate surface area is 200 Å². The maximum atomic E-state index is 13.7. The maximum Gasteiger partial charge on any atom is 0.373 e. The van der Waals surface area contributed by atoms with Gasteiger partial charge in [0.05, 0.1) is 30.2 Å². The highest BCUT2D eigenvalue weighted by molar-refractivity contribution is 5.95. The zero-order valence-corrected chi connectivity index (χ0v) is 20.0. The molecule has 8 nitrogen and oxygen atoms in total. The lowest BCUT2D eigenvalue weighted by Gasteiger charge is -2.51. The average molecular weight is 464 g/mol. The molecule has 8 heteroatoms. The molecule has 2 saturated carbocycles. The second kappa shape index (κ2) is 8.65. The summed E-state index contributed by atoms with van der Waals surface area (Å²) >= 11 is 0. The van der Waals surface area contributed by atoms with E-state index in [4.69, 9.17) is 5.11 Å². The number of carbonyl (C=O) groups excluding carboxylic acids is 1. The van der Waals surface area contributed by atoms with Gasteiger partial charge in [0.1, 0.15) is 0 Å². The molecule has 1 saturated heterocycles. The number of urea groups is 1. The van der Waals surface area contributed by atoms with Gasteiger partial charge in [0, 0.05) is 12.1 Å². The molecule has 3 fully saturated rings. The van der Waals surface area contributed by atoms with Crippen LogP contribution in [0.15, 0.2) is 42.7 Å². The van der Waals surface area contributed by atoms with E-state index in [9.17, 15) is 9.59 Å². The molecule has 1 aliphatic heterocycles. The third kappa shape index (κ3) is 3.74. The number of carboxylic acid groups (broad SMARTS) is 1. The zero-order valence-electron chi connectivity index (χ0n) is 20.0. The number of aromatic nitrogens is 2. The Kier molecular flexibility index (Phi) is 5.80. The smallest absolute Gasteiger partial charge is 0.373 e. The van der Waals surface area contributed by atoms with Crippen molar-refractivity contribution in [2.75, 3.05) is 32.1 Å². The molecule has 0 bridgehead atoms. The number of nitrogens with zero attached hydrogens (tertiary/aromatic N) is 5. The van der Waals surface area contributed by atoms with Gasteiger partial charge in [-0.05, 0) is 64.1 Å². The van der Waals surface area contributed by atoms with E-state index in [-0.39, 0.29) is 22.9 Å². The van der Waals surface area contributed by atoms with E-state index in [1.54, 1.807) is 4.90 Å². The molecular weight excluding hydrogens is 430 g/mol. The van der Waals surface area contributed by atoms with Gasteiger partial charge >= 0.3 is 12.0 Å². The molecule has 2 aliphatic carbocycles. The number of hydrogen-bond donors (Lipinski definition) is 1. The highest BCUT2D eigenvalue weighted by Crippen LogP contribution is 2.50. The lowest BCUT2D eigenvalue weighted by atomic mass is 9.68. The first-order valence-corrected chi connectivity index (χ1v) is 12.2. The largest absolute Gasteiger partial charge is 0.475 e. The van der Waals surface area contributed by atoms with E-state index in [0.717, 1.165) is 32.2 Å². The monoisotopic (exact) mass is 463 g/mol. The maximum absolute atomic E-state index is 13.7. The lowest BCUT2D eigenvalue weighted by Crippen LogP contribution is -2.56. The highest BCUT2D eigenvalue weighted by atomic mass is 16.4. The van der Waals surface area contributed by atoms with Crippen molar-refractivity contribution in [3.63, 3.8) is 0 Å². The van der Waals surface area contributed by atoms with Crippen LogP contribution in [-0.4, -0.2) is 69.6 Å². The van der Waals surface area contributed by atoms with Gasteiger partial charge in [0.2, 0.25) is 5.82 Å². The molecule has 2 heterocycles. The van der Waals surface area contributed by atoms with Crippen molar-refractivity contribution in [2.24, 2.45) is 5.92 Å². The number of aromatic carboxylic acids is 1. The fourth-order valence-electron chi connectivity index (χ4n) is 6.07. The molecule has 0 atom stereocenters. The SMILES string of the molecule is CN(C)C1(c2ccccc2)CCC2(CC1)CN(c1cnc(C(=O)O)nc1)C(=O)N2CC1CCC1. The quantitative estimate of drug-likeness (QED) is 0.697. The van der Waals surface area contributed by atoms with Crippen LogP contribution in [0.1, 0.15) is 61.1 Å². The molecular formula is C26H33N5O3. The summed E-state index contributed by atoms with van der Waals surface area (Å²) < 4.78 is 0. The number of amides is 2. The molecule has 1 spiro atoms. The molecule has 34 heavy (non-hydrogen) atoms. The molecule has 2 aromatic rings. The van der Waals surface area contributed by atoms with Crippen molar-refractivity contribution in [2.45, 2.75) is 56.0 Å². The van der Waals surface area contributed by atoms with Gasteiger partial charge in [-0.2, -0.15) is 0 Å². The Morgan fingerprint density at radius 2 is 1.74 bits per heavy atom. The van der Waals surface area contributed by atoms with Gasteiger partial charge in [-0.1, -0.05) is 36.8 Å². The molecule has 180 valence electrons. The van der Waals surface area contributed by atoms with Crippen molar-refractivity contribution in [1.82, 2.24) is 19.8 Å². The van der Waals surface area contributed by atoms with Crippen molar-refractivity contribution in [3.05, 3.63) is 54.1 Å². The predicted octanol–water partition coefficient (Wildman–Crippen LogP) is 3.99. The van der Waals surface area contributed by atoms with Crippen LogP contribution >= 0.6 is 0 Å². The van der Waals surface area contributed by atoms with Crippen LogP contribution in [0.3, 0.4) is 0 Å². The van der Waals surface area contributed by atoms with Crippen LogP contribution in [0.25, 0.3) is 0 Å². The summed E-state index contributed by atoms with van der Waals surface area (Å²) in [7, 11) is 4.31. The zero-order chi connectivity index (χ0) is 23.9. The first-order valence-electron chi connectivity index (χ1n) is 12.2. The van der Waals surface area contributed by atoms with Crippen LogP contribution in [-0.2, 0) is 5.54 Å². The van der Waals surface area contributed by atoms with Gasteiger partial charge in [0.15, 0.2) is 0 Å². The first-order chi connectivity index (χ1) is 16.3. The third-order valence-corrected chi connectivity index (χ3v) is 8.47. The Bertz CT molecular complexity index is 1040. The van der Waals surface area contributed by atoms with Gasteiger partial charge in [-0.3, -0.25) is 9.80 Å². The fraction of sp³-hybridized carbons (Fsp3) is 0.538. The van der Waals surface area contributed by atoms with Crippen LogP contribution < -0.4 is 4.90 Å². The molecule has 2 amide bonds. The topological polar surface area (TPSA) is 89.9 Å². The highest BCUT2D eigenvalue weighted by Gasteiger charge is 2.55. The Morgan fingerprint density at radius 3 is 2.26 bits per heavy atom. The standard InChI is InChI=1S/C26H33N5O3/c1-29(2)26(20-9-4-3-5-10-20)13-11-25(12-14-26)18-30(21-15-27-22(23(32)33)28-16-21)24(34)31(25)17-19-7-6-8-19/h3-5,9-10,15-16,19H,6-8,11-14,17-18H2,1-2H3,(H,32,33). The fourth-order valence-corrected chi connectivity index (χ4v) is 6.07. The van der Waals surface area contributed by atoms with Crippen LogP contribution in [0.5, 0.6) is 0 Å². The van der Waals surface area contributed by atoms with Crippen molar-refractivity contribution in [1.29, 1.82) is 0 Å². The molecule has 5 rings (SSSR count). The number of anilines is 1. The van der Waals surface area contributed by atoms with E-state index in [1.165, 1.54) is 37.2 Å². The third-order valence-electron chi connectivity index (χ3n) is 8.47. The molecule has 1 aromatic carbocycles. The molecule has 0 radical (unpaired) electrons. The summed E-state index contributed by atoms with van der Waals surface area (Å²) in [6.45, 7) is 1.39. The Hall–Kier alpha value is -3.00. The Morgan fingerprint density at radius 1 is 1.09 bits per heavy atom. The second-order valence-corrected chi connectivity index (χ2v) is 10.4. The second-order valence-electron chi connectivity index (χ2n) is 10.4. The summed E-state index contributed by atoms with van der Waals surface area (Å²) in [5, 5.41) is 9.14. The number of benzene rings is 1. The van der Waals surface area contributed by atoms with Gasteiger partial charge in [-0.25, -0.2) is 19.6 Å². The Balaban J connectivity index is 1.44. The van der Waals surface area contributed by atoms with Crippen LogP contribution in [0.2, 0.25) is 0 Å². The minimum atomic E-state index is -1.17. The van der Waals surface area contributed by atoms with Gasteiger partial charge < -0.3 is 10.0 Å². The summed E-state index contributed by atoms with van der Waals surface area (Å²) in [6.07, 6.45) is 10.3. The van der Waals surface area contributed by atoms with E-state index in [1.807, 2.05) is 0 Å². The van der Waals surface area contributed by atoms with E-state index < -0.39 is 5.97 Å².